The predicted molar refractivity (Wildman–Crippen MR) is 114 cm³/mol. The lowest BCUT2D eigenvalue weighted by atomic mass is 10.2. The number of thioether (sulfide) groups is 1. The third kappa shape index (κ3) is 4.40. The fraction of sp³-hybridized carbons (Fsp3) is 0.200. The Kier molecular flexibility index (Phi) is 6.18. The minimum absolute atomic E-state index is 0.111. The molecule has 8 nitrogen and oxygen atoms in total. The van der Waals surface area contributed by atoms with Crippen LogP contribution in [-0.2, 0) is 11.3 Å². The van der Waals surface area contributed by atoms with Crippen molar-refractivity contribution in [3.05, 3.63) is 65.2 Å². The van der Waals surface area contributed by atoms with Crippen molar-refractivity contribution in [2.24, 2.45) is 0 Å². The summed E-state index contributed by atoms with van der Waals surface area (Å²) in [5.74, 6) is -0.0389. The minimum atomic E-state index is -0.517. The molecule has 0 saturated heterocycles. The number of nitro benzene ring substituents is 1. The number of methoxy groups -OCH3 is 1. The monoisotopic (exact) mass is 412 g/mol. The number of nitrogens with zero attached hydrogens (tertiary/aromatic N) is 3. The number of nitro groups is 1. The average Bonchev–Trinajstić information content (AvgIpc) is 3.05. The number of ether oxygens (including phenoxy) is 1. The van der Waals surface area contributed by atoms with Gasteiger partial charge >= 0.3 is 0 Å². The molecule has 0 aliphatic heterocycles. The number of rotatable bonds is 8. The van der Waals surface area contributed by atoms with E-state index in [-0.39, 0.29) is 17.3 Å². The van der Waals surface area contributed by atoms with Crippen molar-refractivity contribution < 1.29 is 14.5 Å². The number of amides is 1. The molecule has 29 heavy (non-hydrogen) atoms. The van der Waals surface area contributed by atoms with E-state index in [1.807, 2.05) is 28.8 Å². The molecule has 0 aliphatic rings. The quantitative estimate of drug-likeness (QED) is 0.257. The molecule has 1 heterocycles. The third-order valence-corrected chi connectivity index (χ3v) is 5.33. The summed E-state index contributed by atoms with van der Waals surface area (Å²) in [7, 11) is 1.39. The highest BCUT2D eigenvalue weighted by atomic mass is 32.2. The zero-order valence-corrected chi connectivity index (χ0v) is 16.8. The van der Waals surface area contributed by atoms with Gasteiger partial charge in [-0.25, -0.2) is 4.98 Å². The first kappa shape index (κ1) is 20.4. The van der Waals surface area contributed by atoms with E-state index in [4.69, 9.17) is 4.74 Å². The van der Waals surface area contributed by atoms with Crippen molar-refractivity contribution in [1.82, 2.24) is 9.55 Å². The zero-order valence-electron chi connectivity index (χ0n) is 16.0. The molecular weight excluding hydrogens is 392 g/mol. The van der Waals surface area contributed by atoms with E-state index in [2.05, 4.69) is 16.9 Å². The van der Waals surface area contributed by atoms with Gasteiger partial charge < -0.3 is 14.6 Å². The lowest BCUT2D eigenvalue weighted by Crippen LogP contribution is -2.23. The highest BCUT2D eigenvalue weighted by Gasteiger charge is 2.21. The second kappa shape index (κ2) is 8.78. The summed E-state index contributed by atoms with van der Waals surface area (Å²) in [6.45, 7) is 6.14. The van der Waals surface area contributed by atoms with E-state index in [9.17, 15) is 14.9 Å². The van der Waals surface area contributed by atoms with Gasteiger partial charge in [-0.1, -0.05) is 30.0 Å². The molecule has 2 aromatic carbocycles. The van der Waals surface area contributed by atoms with Crippen molar-refractivity contribution in [3.8, 4) is 5.75 Å². The number of hydrogen-bond donors (Lipinski definition) is 1. The van der Waals surface area contributed by atoms with Crippen LogP contribution in [0.3, 0.4) is 0 Å². The van der Waals surface area contributed by atoms with Crippen LogP contribution in [0.1, 0.15) is 6.92 Å². The maximum atomic E-state index is 12.7. The molecule has 0 spiro atoms. The number of allylic oxidation sites excluding steroid dienone is 1. The second-order valence-electron chi connectivity index (χ2n) is 6.17. The molecule has 1 amide bonds. The standard InChI is InChI=1S/C20H20N4O4S/c1-4-11-23-17-8-6-5-7-15(17)22-20(23)29-13(2)19(25)21-16-10-9-14(24(26)27)12-18(16)28-3/h4-10,12-13H,1,11H2,2-3H3,(H,21,25)/t13-/m0/s1. The van der Waals surface area contributed by atoms with Crippen LogP contribution in [0.2, 0.25) is 0 Å². The molecule has 0 radical (unpaired) electrons. The number of hydrogen-bond acceptors (Lipinski definition) is 6. The van der Waals surface area contributed by atoms with Gasteiger partial charge in [0.05, 0.1) is 40.1 Å². The van der Waals surface area contributed by atoms with E-state index in [0.29, 0.717) is 17.4 Å². The first-order valence-corrected chi connectivity index (χ1v) is 9.68. The maximum absolute atomic E-state index is 12.7. The van der Waals surface area contributed by atoms with Crippen molar-refractivity contribution in [2.45, 2.75) is 23.9 Å². The van der Waals surface area contributed by atoms with Crippen LogP contribution < -0.4 is 10.1 Å². The number of nitrogens with one attached hydrogen (secondary N) is 1. The molecule has 1 atom stereocenters. The molecule has 1 N–H and O–H groups in total. The number of fused-ring (bicyclic) bond motifs is 1. The number of benzene rings is 2. The maximum Gasteiger partial charge on any atom is 0.273 e. The van der Waals surface area contributed by atoms with Crippen molar-refractivity contribution >= 4 is 40.1 Å². The van der Waals surface area contributed by atoms with Crippen LogP contribution in [0.25, 0.3) is 11.0 Å². The Morgan fingerprint density at radius 3 is 2.86 bits per heavy atom. The van der Waals surface area contributed by atoms with E-state index in [0.717, 1.165) is 11.0 Å². The average molecular weight is 412 g/mol. The minimum Gasteiger partial charge on any atom is -0.494 e. The summed E-state index contributed by atoms with van der Waals surface area (Å²) in [6, 6.07) is 11.8. The van der Waals surface area contributed by atoms with Crippen molar-refractivity contribution in [1.29, 1.82) is 0 Å². The summed E-state index contributed by atoms with van der Waals surface area (Å²) >= 11 is 1.33. The van der Waals surface area contributed by atoms with Gasteiger partial charge in [-0.2, -0.15) is 0 Å². The summed E-state index contributed by atoms with van der Waals surface area (Å²) in [5.41, 5.74) is 2.08. The van der Waals surface area contributed by atoms with E-state index in [1.54, 1.807) is 13.0 Å². The molecule has 0 bridgehead atoms. The predicted octanol–water partition coefficient (Wildman–Crippen LogP) is 4.26. The molecule has 0 fully saturated rings. The summed E-state index contributed by atoms with van der Waals surface area (Å²) in [6.07, 6.45) is 1.78. The number of imidazole rings is 1. The molecule has 3 rings (SSSR count). The Hall–Kier alpha value is -3.33. The highest BCUT2D eigenvalue weighted by Crippen LogP contribution is 2.31. The number of anilines is 1. The van der Waals surface area contributed by atoms with Gasteiger partial charge in [0.1, 0.15) is 5.75 Å². The molecule has 0 unspecified atom stereocenters. The highest BCUT2D eigenvalue weighted by molar-refractivity contribution is 8.00. The molecule has 0 saturated carbocycles. The molecule has 1 aromatic heterocycles. The number of carbonyl (C=O) groups is 1. The second-order valence-corrected chi connectivity index (χ2v) is 7.48. The Labute approximate surface area is 171 Å². The number of carbonyl (C=O) groups excluding carboxylic acids is 1. The zero-order chi connectivity index (χ0) is 21.0. The van der Waals surface area contributed by atoms with Crippen LogP contribution in [0, 0.1) is 10.1 Å². The largest absolute Gasteiger partial charge is 0.494 e. The van der Waals surface area contributed by atoms with Crippen LogP contribution in [0.5, 0.6) is 5.75 Å². The van der Waals surface area contributed by atoms with Gasteiger partial charge in [-0.15, -0.1) is 6.58 Å². The molecule has 9 heteroatoms. The topological polar surface area (TPSA) is 99.3 Å². The molecule has 0 aliphatic carbocycles. The van der Waals surface area contributed by atoms with Gasteiger partial charge in [-0.05, 0) is 25.1 Å². The summed E-state index contributed by atoms with van der Waals surface area (Å²) in [5, 5.41) is 13.9. The van der Waals surface area contributed by atoms with E-state index in [1.165, 1.54) is 37.1 Å². The SMILES string of the molecule is C=CCn1c(S[C@@H](C)C(=O)Nc2ccc([N+](=O)[O-])cc2OC)nc2ccccc21. The van der Waals surface area contributed by atoms with Crippen LogP contribution in [0.4, 0.5) is 11.4 Å². The molecule has 150 valence electrons. The first-order chi connectivity index (χ1) is 13.9. The first-order valence-electron chi connectivity index (χ1n) is 8.80. The van der Waals surface area contributed by atoms with Crippen LogP contribution >= 0.6 is 11.8 Å². The number of aromatic nitrogens is 2. The van der Waals surface area contributed by atoms with Gasteiger partial charge in [0.2, 0.25) is 5.91 Å². The Morgan fingerprint density at radius 1 is 1.41 bits per heavy atom. The summed E-state index contributed by atoms with van der Waals surface area (Å²) < 4.78 is 7.18. The Morgan fingerprint density at radius 2 is 2.17 bits per heavy atom. The van der Waals surface area contributed by atoms with Gasteiger partial charge in [0.15, 0.2) is 5.16 Å². The Bertz CT molecular complexity index is 1080. The van der Waals surface area contributed by atoms with E-state index < -0.39 is 10.2 Å². The summed E-state index contributed by atoms with van der Waals surface area (Å²) in [4.78, 5) is 27.7. The fourth-order valence-electron chi connectivity index (χ4n) is 2.79. The van der Waals surface area contributed by atoms with Crippen LogP contribution in [0.15, 0.2) is 60.3 Å². The molecular formula is C20H20N4O4S. The van der Waals surface area contributed by atoms with Crippen molar-refractivity contribution in [2.75, 3.05) is 12.4 Å². The third-order valence-electron chi connectivity index (χ3n) is 4.24. The fourth-order valence-corrected chi connectivity index (χ4v) is 3.73. The van der Waals surface area contributed by atoms with E-state index >= 15 is 0 Å². The number of para-hydroxylation sites is 2. The lowest BCUT2D eigenvalue weighted by Gasteiger charge is -2.14. The van der Waals surface area contributed by atoms with Crippen LogP contribution in [-0.4, -0.2) is 32.7 Å². The smallest absolute Gasteiger partial charge is 0.273 e. The molecule has 3 aromatic rings. The van der Waals surface area contributed by atoms with Crippen molar-refractivity contribution in [3.63, 3.8) is 0 Å². The Balaban J connectivity index is 1.80. The number of non-ortho nitro benzene ring substituents is 1. The van der Waals surface area contributed by atoms with Gasteiger partial charge in [-0.3, -0.25) is 14.9 Å². The normalized spacial score (nSPS) is 11.8. The lowest BCUT2D eigenvalue weighted by molar-refractivity contribution is -0.384. The van der Waals surface area contributed by atoms with Gasteiger partial charge in [0, 0.05) is 12.6 Å². The van der Waals surface area contributed by atoms with Gasteiger partial charge in [0.25, 0.3) is 5.69 Å².